The molecule has 3 rings (SSSR count). The first kappa shape index (κ1) is 15.0. The van der Waals surface area contributed by atoms with Crippen molar-refractivity contribution in [2.45, 2.75) is 37.3 Å². The van der Waals surface area contributed by atoms with Crippen molar-refractivity contribution >= 4 is 5.97 Å². The lowest BCUT2D eigenvalue weighted by Gasteiger charge is -2.41. The van der Waals surface area contributed by atoms with E-state index >= 15 is 0 Å². The molecule has 0 aromatic heterocycles. The summed E-state index contributed by atoms with van der Waals surface area (Å²) in [6, 6.07) is 9.12. The van der Waals surface area contributed by atoms with Gasteiger partial charge in [0.1, 0.15) is 11.5 Å². The molecule has 22 heavy (non-hydrogen) atoms. The molecule has 0 amide bonds. The number of carbonyl (C=O) groups excluding carboxylic acids is 1. The maximum atomic E-state index is 12.4. The number of esters is 1. The van der Waals surface area contributed by atoms with Crippen molar-refractivity contribution in [3.8, 4) is 11.8 Å². The van der Waals surface area contributed by atoms with Crippen LogP contribution in [-0.2, 0) is 9.53 Å². The van der Waals surface area contributed by atoms with Crippen molar-refractivity contribution in [3.63, 3.8) is 0 Å². The second kappa shape index (κ2) is 6.06. The van der Waals surface area contributed by atoms with Gasteiger partial charge in [0.05, 0.1) is 20.0 Å². The van der Waals surface area contributed by atoms with E-state index in [-0.39, 0.29) is 17.8 Å². The third-order valence-corrected chi connectivity index (χ3v) is 5.31. The van der Waals surface area contributed by atoms with E-state index in [1.165, 1.54) is 19.1 Å². The van der Waals surface area contributed by atoms with Crippen LogP contribution in [0, 0.1) is 24.7 Å². The summed E-state index contributed by atoms with van der Waals surface area (Å²) in [5.74, 6) is 5.72. The Morgan fingerprint density at radius 3 is 2.68 bits per heavy atom. The lowest BCUT2D eigenvalue weighted by Crippen LogP contribution is -2.49. The summed E-state index contributed by atoms with van der Waals surface area (Å²) < 4.78 is 5.11. The molecule has 2 bridgehead atoms. The largest absolute Gasteiger partial charge is 0.469 e. The number of hydrogen-bond donors (Lipinski definition) is 0. The minimum atomic E-state index is -0.0798. The molecule has 3 heteroatoms. The molecule has 0 saturated carbocycles. The van der Waals surface area contributed by atoms with Crippen LogP contribution in [0.25, 0.3) is 0 Å². The summed E-state index contributed by atoms with van der Waals surface area (Å²) in [5.41, 5.74) is 2.18. The third-order valence-electron chi connectivity index (χ3n) is 5.31. The molecular weight excluding hydrogens is 274 g/mol. The summed E-state index contributed by atoms with van der Waals surface area (Å²) in [5, 5.41) is 0. The van der Waals surface area contributed by atoms with Gasteiger partial charge in [0.2, 0.25) is 0 Å². The van der Waals surface area contributed by atoms with E-state index in [2.05, 4.69) is 42.8 Å². The number of nitrogens with zero attached hydrogens (tertiary/aromatic N) is 1. The molecule has 1 aromatic carbocycles. The van der Waals surface area contributed by atoms with Gasteiger partial charge in [0, 0.05) is 18.0 Å². The SMILES string of the molecule is [CH2+]C#Cc1ccc([C@H]2C[C@H]3CCC(C2C(=O)OC)N3C)cc1. The molecule has 2 aliphatic heterocycles. The number of ether oxygens (including phenoxy) is 1. The maximum Gasteiger partial charge on any atom is 0.310 e. The molecule has 2 unspecified atom stereocenters. The number of methoxy groups -OCH3 is 1. The first-order valence-corrected chi connectivity index (χ1v) is 7.83. The maximum absolute atomic E-state index is 12.4. The highest BCUT2D eigenvalue weighted by molar-refractivity contribution is 5.75. The van der Waals surface area contributed by atoms with E-state index in [0.717, 1.165) is 18.4 Å². The van der Waals surface area contributed by atoms with Gasteiger partial charge in [-0.15, -0.1) is 0 Å². The van der Waals surface area contributed by atoms with Crippen LogP contribution in [0.4, 0.5) is 0 Å². The predicted octanol–water partition coefficient (Wildman–Crippen LogP) is 2.61. The number of hydrogen-bond acceptors (Lipinski definition) is 3. The Kier molecular flexibility index (Phi) is 4.13. The van der Waals surface area contributed by atoms with E-state index in [0.29, 0.717) is 12.1 Å². The quantitative estimate of drug-likeness (QED) is 0.477. The summed E-state index contributed by atoms with van der Waals surface area (Å²) in [4.78, 5) is 14.7. The number of benzene rings is 1. The van der Waals surface area contributed by atoms with Crippen LogP contribution in [0.3, 0.4) is 0 Å². The zero-order valence-electron chi connectivity index (χ0n) is 13.2. The van der Waals surface area contributed by atoms with Crippen LogP contribution in [0.2, 0.25) is 0 Å². The van der Waals surface area contributed by atoms with Gasteiger partial charge in [-0.1, -0.05) is 12.1 Å². The molecule has 0 N–H and O–H groups in total. The average Bonchev–Trinajstić information content (AvgIpc) is 2.77. The number of fused-ring (bicyclic) bond motifs is 2. The molecule has 2 saturated heterocycles. The number of piperidine rings is 1. The van der Waals surface area contributed by atoms with Crippen LogP contribution >= 0.6 is 0 Å². The third kappa shape index (κ3) is 2.48. The van der Waals surface area contributed by atoms with Gasteiger partial charge in [-0.3, -0.25) is 9.69 Å². The van der Waals surface area contributed by atoms with Crippen molar-refractivity contribution in [1.29, 1.82) is 0 Å². The van der Waals surface area contributed by atoms with E-state index in [4.69, 9.17) is 4.74 Å². The average molecular weight is 296 g/mol. The summed E-state index contributed by atoms with van der Waals surface area (Å²) >= 11 is 0. The van der Waals surface area contributed by atoms with E-state index in [1.807, 2.05) is 12.1 Å². The van der Waals surface area contributed by atoms with Crippen LogP contribution in [0.15, 0.2) is 24.3 Å². The molecule has 4 atom stereocenters. The Morgan fingerprint density at radius 2 is 2.05 bits per heavy atom. The second-order valence-corrected chi connectivity index (χ2v) is 6.28. The molecule has 0 spiro atoms. The van der Waals surface area contributed by atoms with Crippen LogP contribution < -0.4 is 0 Å². The zero-order chi connectivity index (χ0) is 15.7. The standard InChI is InChI=1S/C19H22NO2/c1-4-5-13-6-8-14(9-7-13)16-12-15-10-11-17(20(15)2)18(16)19(21)22-3/h6-9,15-18H,1,10-12H2,2-3H3/q+1/t15-,16-,17?,18?/m1/s1. The van der Waals surface area contributed by atoms with Crippen molar-refractivity contribution in [2.75, 3.05) is 14.2 Å². The Hall–Kier alpha value is -1.92. The lowest BCUT2D eigenvalue weighted by atomic mass is 9.76. The van der Waals surface area contributed by atoms with Gasteiger partial charge in [-0.25, -0.2) is 0 Å². The van der Waals surface area contributed by atoms with E-state index in [9.17, 15) is 4.79 Å². The smallest absolute Gasteiger partial charge is 0.310 e. The summed E-state index contributed by atoms with van der Waals surface area (Å²) in [6.07, 6.45) is 3.28. The highest BCUT2D eigenvalue weighted by atomic mass is 16.5. The minimum Gasteiger partial charge on any atom is -0.469 e. The fourth-order valence-corrected chi connectivity index (χ4v) is 4.18. The monoisotopic (exact) mass is 296 g/mol. The van der Waals surface area contributed by atoms with E-state index in [1.54, 1.807) is 0 Å². The normalized spacial score (nSPS) is 30.5. The predicted molar refractivity (Wildman–Crippen MR) is 86.1 cm³/mol. The Labute approximate surface area is 132 Å². The highest BCUT2D eigenvalue weighted by Crippen LogP contribution is 2.46. The second-order valence-electron chi connectivity index (χ2n) is 6.28. The van der Waals surface area contributed by atoms with Gasteiger partial charge >= 0.3 is 5.97 Å². The van der Waals surface area contributed by atoms with Crippen LogP contribution in [0.5, 0.6) is 0 Å². The lowest BCUT2D eigenvalue weighted by molar-refractivity contribution is -0.150. The first-order valence-electron chi connectivity index (χ1n) is 7.83. The molecule has 2 fully saturated rings. The summed E-state index contributed by atoms with van der Waals surface area (Å²) in [6.45, 7) is 3.55. The minimum absolute atomic E-state index is 0.0708. The Morgan fingerprint density at radius 1 is 1.32 bits per heavy atom. The molecule has 0 radical (unpaired) electrons. The molecule has 3 nitrogen and oxygen atoms in total. The van der Waals surface area contributed by atoms with Gasteiger partial charge < -0.3 is 4.74 Å². The number of rotatable bonds is 2. The van der Waals surface area contributed by atoms with E-state index < -0.39 is 0 Å². The van der Waals surface area contributed by atoms with Gasteiger partial charge in [-0.05, 0) is 44.0 Å². The number of carbonyl (C=O) groups is 1. The van der Waals surface area contributed by atoms with Crippen molar-refractivity contribution < 1.29 is 9.53 Å². The molecule has 2 aliphatic rings. The molecule has 114 valence electrons. The van der Waals surface area contributed by atoms with Gasteiger partial charge in [0.25, 0.3) is 0 Å². The molecule has 0 aliphatic carbocycles. The topological polar surface area (TPSA) is 29.5 Å². The van der Waals surface area contributed by atoms with Gasteiger partial charge in [0.15, 0.2) is 5.92 Å². The van der Waals surface area contributed by atoms with Crippen LogP contribution in [0.1, 0.15) is 36.3 Å². The first-order chi connectivity index (χ1) is 10.7. The molecule has 2 heterocycles. The highest BCUT2D eigenvalue weighted by Gasteiger charge is 2.49. The fraction of sp³-hybridized carbons (Fsp3) is 0.474. The Bertz CT molecular complexity index is 611. The fourth-order valence-electron chi connectivity index (χ4n) is 4.18. The van der Waals surface area contributed by atoms with Crippen molar-refractivity contribution in [3.05, 3.63) is 42.3 Å². The van der Waals surface area contributed by atoms with Crippen molar-refractivity contribution in [2.24, 2.45) is 5.92 Å². The molecular formula is C19H22NO2+. The van der Waals surface area contributed by atoms with Crippen LogP contribution in [-0.4, -0.2) is 37.1 Å². The zero-order valence-corrected chi connectivity index (χ0v) is 13.2. The van der Waals surface area contributed by atoms with Gasteiger partial charge in [-0.2, -0.15) is 0 Å². The molecule has 1 aromatic rings. The Balaban J connectivity index is 1.92. The summed E-state index contributed by atoms with van der Waals surface area (Å²) in [7, 11) is 3.63. The van der Waals surface area contributed by atoms with Crippen molar-refractivity contribution in [1.82, 2.24) is 4.90 Å².